The zero-order valence-corrected chi connectivity index (χ0v) is 17.3. The summed E-state index contributed by atoms with van der Waals surface area (Å²) in [4.78, 5) is 24.5. The Labute approximate surface area is 170 Å². The normalized spacial score (nSPS) is 12.2. The summed E-state index contributed by atoms with van der Waals surface area (Å²) in [6, 6.07) is 6.18. The second kappa shape index (κ2) is 8.95. The van der Waals surface area contributed by atoms with Crippen LogP contribution in [0.15, 0.2) is 30.3 Å². The molecule has 5 nitrogen and oxygen atoms in total. The molecule has 0 unspecified atom stereocenters. The van der Waals surface area contributed by atoms with Crippen LogP contribution in [-0.4, -0.2) is 29.6 Å². The van der Waals surface area contributed by atoms with Crippen LogP contribution in [0.5, 0.6) is 5.75 Å². The van der Waals surface area contributed by atoms with E-state index in [1.807, 2.05) is 13.8 Å². The number of nitrogens with one attached hydrogen (secondary N) is 1. The van der Waals surface area contributed by atoms with E-state index in [0.717, 1.165) is 0 Å². The highest BCUT2D eigenvalue weighted by atomic mass is 19.1. The van der Waals surface area contributed by atoms with Crippen LogP contribution in [0.3, 0.4) is 0 Å². The summed E-state index contributed by atoms with van der Waals surface area (Å²) in [6.07, 6.45) is 0. The van der Waals surface area contributed by atoms with Gasteiger partial charge in [0.15, 0.2) is 0 Å². The number of rotatable bonds is 5. The minimum Gasteiger partial charge on any atom is -0.480 e. The predicted molar refractivity (Wildman–Crippen MR) is 110 cm³/mol. The van der Waals surface area contributed by atoms with Crippen molar-refractivity contribution in [3.8, 4) is 17.6 Å². The fourth-order valence-electron chi connectivity index (χ4n) is 2.82. The summed E-state index contributed by atoms with van der Waals surface area (Å²) < 4.78 is 19.4. The maximum atomic E-state index is 13.6. The molecule has 0 fully saturated rings. The van der Waals surface area contributed by atoms with Crippen molar-refractivity contribution in [3.63, 3.8) is 0 Å². The van der Waals surface area contributed by atoms with E-state index in [4.69, 9.17) is 4.74 Å². The Hall–Kier alpha value is -3.07. The van der Waals surface area contributed by atoms with Gasteiger partial charge >= 0.3 is 5.97 Å². The van der Waals surface area contributed by atoms with Crippen molar-refractivity contribution in [2.24, 2.45) is 11.3 Å². The molecule has 0 saturated heterocycles. The van der Waals surface area contributed by atoms with Gasteiger partial charge in [-0.05, 0) is 35.1 Å². The first-order chi connectivity index (χ1) is 13.5. The van der Waals surface area contributed by atoms with Gasteiger partial charge in [0.25, 0.3) is 5.91 Å². The number of carbonyl (C=O) groups is 2. The van der Waals surface area contributed by atoms with Crippen molar-refractivity contribution in [1.29, 1.82) is 0 Å². The molecule has 0 radical (unpaired) electrons. The molecule has 0 aromatic heterocycles. The van der Waals surface area contributed by atoms with Crippen LogP contribution in [0.1, 0.15) is 45.0 Å². The maximum absolute atomic E-state index is 13.6. The van der Waals surface area contributed by atoms with E-state index in [1.54, 1.807) is 26.8 Å². The number of carboxylic acid groups (broad SMARTS) is 1. The van der Waals surface area contributed by atoms with E-state index < -0.39 is 29.2 Å². The molecule has 1 atom stereocenters. The lowest BCUT2D eigenvalue weighted by atomic mass is 9.86. The average Bonchev–Trinajstić information content (AvgIpc) is 2.61. The molecule has 29 heavy (non-hydrogen) atoms. The highest BCUT2D eigenvalue weighted by Crippen LogP contribution is 2.31. The molecule has 6 heteroatoms. The Balaban J connectivity index is 2.47. The topological polar surface area (TPSA) is 75.6 Å². The van der Waals surface area contributed by atoms with Gasteiger partial charge in [0.1, 0.15) is 24.2 Å². The Bertz CT molecular complexity index is 980. The van der Waals surface area contributed by atoms with Gasteiger partial charge in [-0.15, -0.1) is 0 Å². The molecule has 0 aliphatic carbocycles. The van der Waals surface area contributed by atoms with Gasteiger partial charge in [-0.3, -0.25) is 4.79 Å². The second-order valence-electron chi connectivity index (χ2n) is 8.18. The molecule has 0 heterocycles. The predicted octanol–water partition coefficient (Wildman–Crippen LogP) is 4.25. The second-order valence-corrected chi connectivity index (χ2v) is 8.18. The molecule has 2 aromatic rings. The minimum atomic E-state index is -1.13. The number of hydrogen-bond donors (Lipinski definition) is 2. The van der Waals surface area contributed by atoms with E-state index >= 15 is 0 Å². The number of ether oxygens (including phenoxy) is 1. The number of aliphatic carboxylic acids is 1. The number of carboxylic acids is 1. The molecule has 1 amide bonds. The molecule has 154 valence electrons. The average molecular weight is 399 g/mol. The molecule has 0 aliphatic heterocycles. The Morgan fingerprint density at radius 3 is 2.48 bits per heavy atom. The fourth-order valence-corrected chi connectivity index (χ4v) is 2.82. The van der Waals surface area contributed by atoms with Crippen molar-refractivity contribution in [3.05, 3.63) is 41.7 Å². The number of halogens is 1. The van der Waals surface area contributed by atoms with E-state index in [0.29, 0.717) is 10.8 Å². The highest BCUT2D eigenvalue weighted by molar-refractivity contribution is 6.05. The van der Waals surface area contributed by atoms with Gasteiger partial charge in [-0.2, -0.15) is 0 Å². The fraction of sp³-hybridized carbons (Fsp3) is 0.391. The van der Waals surface area contributed by atoms with Crippen LogP contribution in [0.25, 0.3) is 10.8 Å². The lowest BCUT2D eigenvalue weighted by molar-refractivity contribution is -0.142. The smallest absolute Gasteiger partial charge is 0.326 e. The van der Waals surface area contributed by atoms with Gasteiger partial charge in [0, 0.05) is 11.3 Å². The quantitative estimate of drug-likeness (QED) is 0.737. The maximum Gasteiger partial charge on any atom is 0.326 e. The Morgan fingerprint density at radius 2 is 1.90 bits per heavy atom. The summed E-state index contributed by atoms with van der Waals surface area (Å²) in [6.45, 7) is 9.14. The van der Waals surface area contributed by atoms with Crippen LogP contribution >= 0.6 is 0 Å². The molecule has 2 rings (SSSR count). The molecule has 0 spiro atoms. The summed E-state index contributed by atoms with van der Waals surface area (Å²) in [5, 5.41) is 13.2. The summed E-state index contributed by atoms with van der Waals surface area (Å²) >= 11 is 0. The summed E-state index contributed by atoms with van der Waals surface area (Å²) in [5.41, 5.74) is -0.517. The number of fused-ring (bicyclic) bond motifs is 1. The summed E-state index contributed by atoms with van der Waals surface area (Å²) in [7, 11) is 0. The van der Waals surface area contributed by atoms with Gasteiger partial charge in [0.2, 0.25) is 0 Å². The van der Waals surface area contributed by atoms with Gasteiger partial charge in [0.05, 0.1) is 5.56 Å². The Kier molecular flexibility index (Phi) is 6.86. The van der Waals surface area contributed by atoms with Crippen LogP contribution in [0.2, 0.25) is 0 Å². The lowest BCUT2D eigenvalue weighted by Crippen LogP contribution is -2.49. The van der Waals surface area contributed by atoms with Crippen LogP contribution < -0.4 is 10.1 Å². The number of hydrogen-bond acceptors (Lipinski definition) is 3. The zero-order chi connectivity index (χ0) is 21.8. The number of carbonyl (C=O) groups excluding carboxylic acids is 1. The highest BCUT2D eigenvalue weighted by Gasteiger charge is 2.33. The summed E-state index contributed by atoms with van der Waals surface area (Å²) in [5.74, 6) is 4.17. The van der Waals surface area contributed by atoms with Crippen molar-refractivity contribution < 1.29 is 23.8 Å². The third kappa shape index (κ3) is 5.71. The zero-order valence-electron chi connectivity index (χ0n) is 17.3. The minimum absolute atomic E-state index is 0.0522. The van der Waals surface area contributed by atoms with E-state index in [1.165, 1.54) is 24.3 Å². The molecule has 2 N–H and O–H groups in total. The third-order valence-corrected chi connectivity index (χ3v) is 4.24. The first kappa shape index (κ1) is 22.2. The molecule has 0 bridgehead atoms. The monoisotopic (exact) mass is 399 g/mol. The van der Waals surface area contributed by atoms with E-state index in [9.17, 15) is 19.1 Å². The lowest BCUT2D eigenvalue weighted by Gasteiger charge is -2.28. The Morgan fingerprint density at radius 1 is 1.21 bits per heavy atom. The van der Waals surface area contributed by atoms with E-state index in [2.05, 4.69) is 17.2 Å². The largest absolute Gasteiger partial charge is 0.480 e. The van der Waals surface area contributed by atoms with Crippen LogP contribution in [0.4, 0.5) is 4.39 Å². The molecular formula is C23H26FNO4. The third-order valence-electron chi connectivity index (χ3n) is 4.24. The van der Waals surface area contributed by atoms with Crippen LogP contribution in [-0.2, 0) is 4.79 Å². The van der Waals surface area contributed by atoms with Gasteiger partial charge in [-0.1, -0.05) is 52.5 Å². The molecule has 2 aromatic carbocycles. The van der Waals surface area contributed by atoms with E-state index in [-0.39, 0.29) is 23.8 Å². The molecular weight excluding hydrogens is 373 g/mol. The van der Waals surface area contributed by atoms with Crippen molar-refractivity contribution >= 4 is 22.6 Å². The molecule has 0 aliphatic rings. The molecule has 0 saturated carbocycles. The van der Waals surface area contributed by atoms with Gasteiger partial charge in [-0.25, -0.2) is 9.18 Å². The standard InChI is InChI=1S/C23H26FNO4/c1-14(2)7-6-12-29-19-17-11-9-16(24)13-15(17)8-10-18(19)21(26)25-20(22(27)28)23(3,4)5/h8-11,13-14,20H,12H2,1-5H3,(H,25,26)(H,27,28)/t20-/m1/s1. The van der Waals surface area contributed by atoms with Crippen molar-refractivity contribution in [1.82, 2.24) is 5.32 Å². The first-order valence-electron chi connectivity index (χ1n) is 9.38. The number of benzene rings is 2. The first-order valence-corrected chi connectivity index (χ1v) is 9.38. The van der Waals surface area contributed by atoms with Crippen molar-refractivity contribution in [2.45, 2.75) is 40.7 Å². The van der Waals surface area contributed by atoms with Crippen LogP contribution in [0, 0.1) is 29.0 Å². The number of amides is 1. The van der Waals surface area contributed by atoms with Gasteiger partial charge < -0.3 is 15.2 Å². The SMILES string of the molecule is CC(C)C#CCOc1c(C(=O)N[C@H](C(=O)O)C(C)(C)C)ccc2cc(F)ccc12. The van der Waals surface area contributed by atoms with Crippen molar-refractivity contribution in [2.75, 3.05) is 6.61 Å².